The average Bonchev–Trinajstić information content (AvgIpc) is 3.02. The van der Waals surface area contributed by atoms with Crippen LogP contribution < -0.4 is 10.1 Å². The van der Waals surface area contributed by atoms with E-state index in [1.807, 2.05) is 42.0 Å². The number of ether oxygens (including phenoxy) is 1. The number of methoxy groups -OCH3 is 1. The van der Waals surface area contributed by atoms with Crippen LogP contribution in [0.2, 0.25) is 0 Å². The molecular formula is C16H17N3OS. The first-order chi connectivity index (χ1) is 10.1. The van der Waals surface area contributed by atoms with Crippen LogP contribution in [0.3, 0.4) is 0 Å². The summed E-state index contributed by atoms with van der Waals surface area (Å²) in [7, 11) is 1.67. The molecule has 108 valence electrons. The van der Waals surface area contributed by atoms with Crippen molar-refractivity contribution in [2.45, 2.75) is 19.4 Å². The van der Waals surface area contributed by atoms with Gasteiger partial charge in [0.15, 0.2) is 0 Å². The van der Waals surface area contributed by atoms with Crippen molar-refractivity contribution < 1.29 is 4.74 Å². The number of nitrogens with zero attached hydrogens (tertiary/aromatic N) is 2. The highest BCUT2D eigenvalue weighted by atomic mass is 32.1. The minimum absolute atomic E-state index is 0.279. The van der Waals surface area contributed by atoms with Crippen molar-refractivity contribution >= 4 is 27.9 Å². The van der Waals surface area contributed by atoms with Gasteiger partial charge in [0.1, 0.15) is 16.6 Å². The van der Waals surface area contributed by atoms with Gasteiger partial charge in [-0.3, -0.25) is 0 Å². The van der Waals surface area contributed by atoms with Gasteiger partial charge in [-0.25, -0.2) is 9.97 Å². The lowest BCUT2D eigenvalue weighted by atomic mass is 10.1. The van der Waals surface area contributed by atoms with Crippen LogP contribution in [0.5, 0.6) is 5.75 Å². The standard InChI is InChI=1S/C16H17N3OS/c1-16(2,15-18-8-9-21-15)19-14-13-10-12(20-3)5-4-11(13)6-7-17-14/h4-10H,1-3H3,(H,17,19). The van der Waals surface area contributed by atoms with E-state index in [0.29, 0.717) is 0 Å². The molecule has 3 rings (SSSR count). The fourth-order valence-electron chi connectivity index (χ4n) is 2.26. The average molecular weight is 299 g/mol. The van der Waals surface area contributed by atoms with Gasteiger partial charge in [0.25, 0.3) is 0 Å². The number of nitrogens with one attached hydrogen (secondary N) is 1. The third-order valence-corrected chi connectivity index (χ3v) is 4.47. The lowest BCUT2D eigenvalue weighted by Crippen LogP contribution is -2.28. The first-order valence-corrected chi connectivity index (χ1v) is 7.59. The van der Waals surface area contributed by atoms with E-state index in [-0.39, 0.29) is 5.54 Å². The maximum Gasteiger partial charge on any atom is 0.134 e. The van der Waals surface area contributed by atoms with Gasteiger partial charge >= 0.3 is 0 Å². The smallest absolute Gasteiger partial charge is 0.134 e. The summed E-state index contributed by atoms with van der Waals surface area (Å²) >= 11 is 1.64. The molecular weight excluding hydrogens is 282 g/mol. The number of thiazole rings is 1. The highest BCUT2D eigenvalue weighted by Gasteiger charge is 2.24. The molecule has 0 amide bonds. The molecule has 0 aliphatic heterocycles. The number of pyridine rings is 1. The normalized spacial score (nSPS) is 11.6. The molecule has 1 aromatic carbocycles. The summed E-state index contributed by atoms with van der Waals surface area (Å²) in [5.74, 6) is 1.66. The highest BCUT2D eigenvalue weighted by Crippen LogP contribution is 2.31. The van der Waals surface area contributed by atoms with E-state index in [9.17, 15) is 0 Å². The van der Waals surface area contributed by atoms with Gasteiger partial charge in [0, 0.05) is 23.2 Å². The summed E-state index contributed by atoms with van der Waals surface area (Å²) in [6.07, 6.45) is 3.64. The predicted octanol–water partition coefficient (Wildman–Crippen LogP) is 4.05. The van der Waals surface area contributed by atoms with Crippen molar-refractivity contribution in [3.05, 3.63) is 47.0 Å². The second-order valence-electron chi connectivity index (χ2n) is 5.33. The number of hydrogen-bond donors (Lipinski definition) is 1. The number of hydrogen-bond acceptors (Lipinski definition) is 5. The van der Waals surface area contributed by atoms with Crippen LogP contribution in [0.4, 0.5) is 5.82 Å². The topological polar surface area (TPSA) is 47.0 Å². The molecule has 0 unspecified atom stereocenters. The van der Waals surface area contributed by atoms with E-state index >= 15 is 0 Å². The largest absolute Gasteiger partial charge is 0.497 e. The molecule has 0 radical (unpaired) electrons. The zero-order valence-corrected chi connectivity index (χ0v) is 13.1. The SMILES string of the molecule is COc1ccc2ccnc(NC(C)(C)c3nccs3)c2c1. The van der Waals surface area contributed by atoms with Gasteiger partial charge in [-0.15, -0.1) is 11.3 Å². The van der Waals surface area contributed by atoms with Gasteiger partial charge in [0.2, 0.25) is 0 Å². The number of rotatable bonds is 4. The van der Waals surface area contributed by atoms with Crippen molar-refractivity contribution in [1.29, 1.82) is 0 Å². The molecule has 0 aliphatic rings. The Balaban J connectivity index is 2.04. The number of anilines is 1. The van der Waals surface area contributed by atoms with Gasteiger partial charge < -0.3 is 10.1 Å². The number of fused-ring (bicyclic) bond motifs is 1. The van der Waals surface area contributed by atoms with Crippen molar-refractivity contribution in [1.82, 2.24) is 9.97 Å². The van der Waals surface area contributed by atoms with Crippen LogP contribution >= 0.6 is 11.3 Å². The zero-order valence-electron chi connectivity index (χ0n) is 12.3. The number of aromatic nitrogens is 2. The fraction of sp³-hybridized carbons (Fsp3) is 0.250. The summed E-state index contributed by atoms with van der Waals surface area (Å²) in [5.41, 5.74) is -0.279. The Morgan fingerprint density at radius 3 is 2.71 bits per heavy atom. The molecule has 5 heteroatoms. The molecule has 2 heterocycles. The van der Waals surface area contributed by atoms with E-state index in [2.05, 4.69) is 29.1 Å². The Bertz CT molecular complexity index is 753. The second-order valence-corrected chi connectivity index (χ2v) is 6.23. The Kier molecular flexibility index (Phi) is 3.51. The summed E-state index contributed by atoms with van der Waals surface area (Å²) < 4.78 is 5.31. The zero-order chi connectivity index (χ0) is 14.9. The van der Waals surface area contributed by atoms with Crippen LogP contribution in [0.25, 0.3) is 10.8 Å². The number of benzene rings is 1. The minimum Gasteiger partial charge on any atom is -0.497 e. The van der Waals surface area contributed by atoms with Gasteiger partial charge in [-0.05, 0) is 37.4 Å². The molecule has 3 aromatic rings. The molecule has 0 atom stereocenters. The Morgan fingerprint density at radius 1 is 1.14 bits per heavy atom. The van der Waals surface area contributed by atoms with E-state index in [1.54, 1.807) is 18.4 Å². The van der Waals surface area contributed by atoms with E-state index in [4.69, 9.17) is 4.74 Å². The monoisotopic (exact) mass is 299 g/mol. The maximum absolute atomic E-state index is 5.31. The molecule has 0 spiro atoms. The first-order valence-electron chi connectivity index (χ1n) is 6.71. The maximum atomic E-state index is 5.31. The molecule has 0 aliphatic carbocycles. The van der Waals surface area contributed by atoms with Crippen molar-refractivity contribution in [3.8, 4) is 5.75 Å². The molecule has 2 aromatic heterocycles. The quantitative estimate of drug-likeness (QED) is 0.789. The minimum atomic E-state index is -0.279. The Labute approximate surface area is 127 Å². The molecule has 0 saturated carbocycles. The van der Waals surface area contributed by atoms with E-state index < -0.39 is 0 Å². The van der Waals surface area contributed by atoms with Crippen LogP contribution in [-0.4, -0.2) is 17.1 Å². The summed E-state index contributed by atoms with van der Waals surface area (Å²) in [6.45, 7) is 4.21. The molecule has 4 nitrogen and oxygen atoms in total. The Morgan fingerprint density at radius 2 is 2.00 bits per heavy atom. The fourth-order valence-corrected chi connectivity index (χ4v) is 2.97. The third kappa shape index (κ3) is 2.69. The summed E-state index contributed by atoms with van der Waals surface area (Å²) in [5, 5.41) is 8.68. The van der Waals surface area contributed by atoms with Gasteiger partial charge in [-0.2, -0.15) is 0 Å². The van der Waals surface area contributed by atoms with Crippen LogP contribution in [0.15, 0.2) is 42.0 Å². The van der Waals surface area contributed by atoms with Crippen LogP contribution in [0.1, 0.15) is 18.9 Å². The Hall–Kier alpha value is -2.14. The molecule has 0 saturated heterocycles. The summed E-state index contributed by atoms with van der Waals surface area (Å²) in [4.78, 5) is 8.89. The van der Waals surface area contributed by atoms with E-state index in [0.717, 1.165) is 27.3 Å². The highest BCUT2D eigenvalue weighted by molar-refractivity contribution is 7.09. The van der Waals surface area contributed by atoms with Gasteiger partial charge in [0.05, 0.1) is 12.6 Å². The van der Waals surface area contributed by atoms with Crippen LogP contribution in [-0.2, 0) is 5.54 Å². The van der Waals surface area contributed by atoms with E-state index in [1.165, 1.54) is 0 Å². The van der Waals surface area contributed by atoms with Crippen molar-refractivity contribution in [3.63, 3.8) is 0 Å². The molecule has 1 N–H and O–H groups in total. The summed E-state index contributed by atoms with van der Waals surface area (Å²) in [6, 6.07) is 7.99. The third-order valence-electron chi connectivity index (χ3n) is 3.37. The predicted molar refractivity (Wildman–Crippen MR) is 87.1 cm³/mol. The van der Waals surface area contributed by atoms with Crippen molar-refractivity contribution in [2.24, 2.45) is 0 Å². The molecule has 0 bridgehead atoms. The molecule has 21 heavy (non-hydrogen) atoms. The first kappa shape index (κ1) is 13.8. The van der Waals surface area contributed by atoms with Crippen molar-refractivity contribution in [2.75, 3.05) is 12.4 Å². The molecule has 0 fully saturated rings. The lowest BCUT2D eigenvalue weighted by Gasteiger charge is -2.25. The van der Waals surface area contributed by atoms with Crippen LogP contribution in [0, 0.1) is 0 Å². The lowest BCUT2D eigenvalue weighted by molar-refractivity contribution is 0.415. The second kappa shape index (κ2) is 5.33. The van der Waals surface area contributed by atoms with Gasteiger partial charge in [-0.1, -0.05) is 6.07 Å².